The average molecular weight is 593 g/mol. The number of hydrogen-bond acceptors (Lipinski definition) is 9. The number of benzene rings is 1. The molecule has 0 aliphatic heterocycles. The molecule has 0 bridgehead atoms. The number of methoxy groups -OCH3 is 2. The molecule has 0 radical (unpaired) electrons. The van der Waals surface area contributed by atoms with Gasteiger partial charge in [0.15, 0.2) is 11.6 Å². The van der Waals surface area contributed by atoms with E-state index in [9.17, 15) is 17.2 Å². The van der Waals surface area contributed by atoms with Crippen LogP contribution in [0, 0.1) is 13.8 Å². The number of ether oxygens (including phenoxy) is 2. The van der Waals surface area contributed by atoms with Crippen LogP contribution < -0.4 is 9.04 Å². The van der Waals surface area contributed by atoms with Crippen molar-refractivity contribution in [2.75, 3.05) is 25.6 Å². The van der Waals surface area contributed by atoms with E-state index < -0.39 is 27.9 Å². The number of aryl methyl sites for hydroxylation is 2. The van der Waals surface area contributed by atoms with Crippen molar-refractivity contribution in [2.45, 2.75) is 52.5 Å². The summed E-state index contributed by atoms with van der Waals surface area (Å²) in [5.41, 5.74) is 1.97. The van der Waals surface area contributed by atoms with Crippen molar-refractivity contribution in [3.8, 4) is 23.0 Å². The van der Waals surface area contributed by atoms with Crippen LogP contribution in [-0.4, -0.2) is 69.4 Å². The summed E-state index contributed by atoms with van der Waals surface area (Å²) >= 11 is 0. The molecule has 0 amide bonds. The van der Waals surface area contributed by atoms with E-state index in [4.69, 9.17) is 9.47 Å². The van der Waals surface area contributed by atoms with Crippen LogP contribution in [0.5, 0.6) is 5.75 Å². The van der Waals surface area contributed by atoms with Gasteiger partial charge < -0.3 is 9.47 Å². The molecule has 4 aromatic rings. The van der Waals surface area contributed by atoms with Gasteiger partial charge in [-0.05, 0) is 44.0 Å². The lowest BCUT2D eigenvalue weighted by molar-refractivity contribution is 0.0568. The van der Waals surface area contributed by atoms with Crippen LogP contribution in [0.15, 0.2) is 42.9 Å². The van der Waals surface area contributed by atoms with Crippen molar-refractivity contribution in [3.05, 3.63) is 59.8 Å². The first-order valence-corrected chi connectivity index (χ1v) is 14.2. The Morgan fingerprint density at radius 2 is 1.68 bits per heavy atom. The maximum atomic E-state index is 13.9. The van der Waals surface area contributed by atoms with Gasteiger partial charge in [0.25, 0.3) is 0 Å². The number of rotatable bonds is 10. The van der Waals surface area contributed by atoms with Crippen LogP contribution in [-0.2, 0) is 14.8 Å². The molecule has 0 N–H and O–H groups in total. The van der Waals surface area contributed by atoms with E-state index in [1.807, 2.05) is 20.8 Å². The maximum absolute atomic E-state index is 13.9. The molecule has 2 atom stereocenters. The SMILES string of the molecule is CC.COc1cccc(C)c1-n1c(-c2ccn(C(F)F)n2)nnc1N(C)S(=O)(=O)[C@@H](C)[C@H](OC)c1ncc(C)cn1. The predicted molar refractivity (Wildman–Crippen MR) is 150 cm³/mol. The Kier molecular flexibility index (Phi) is 10.1. The topological polar surface area (TPSA) is 130 Å². The Balaban J connectivity index is 0.00000226. The summed E-state index contributed by atoms with van der Waals surface area (Å²) in [5, 5.41) is 11.1. The van der Waals surface area contributed by atoms with Crippen molar-refractivity contribution in [3.63, 3.8) is 0 Å². The molecule has 0 aliphatic rings. The highest BCUT2D eigenvalue weighted by molar-refractivity contribution is 7.93. The van der Waals surface area contributed by atoms with Crippen molar-refractivity contribution in [1.82, 2.24) is 34.5 Å². The Bertz CT molecular complexity index is 1560. The number of hydrogen-bond donors (Lipinski definition) is 0. The van der Waals surface area contributed by atoms with Gasteiger partial charge in [0.2, 0.25) is 16.0 Å². The van der Waals surface area contributed by atoms with E-state index in [0.717, 1.165) is 16.1 Å². The smallest absolute Gasteiger partial charge is 0.333 e. The van der Waals surface area contributed by atoms with E-state index in [0.29, 0.717) is 21.7 Å². The Hall–Kier alpha value is -3.98. The molecular weight excluding hydrogens is 558 g/mol. The third-order valence-electron chi connectivity index (χ3n) is 6.20. The molecule has 12 nitrogen and oxygen atoms in total. The quantitative estimate of drug-likeness (QED) is 0.261. The molecule has 15 heteroatoms. The monoisotopic (exact) mass is 592 g/mol. The van der Waals surface area contributed by atoms with Gasteiger partial charge in [0, 0.05) is 32.7 Å². The minimum absolute atomic E-state index is 0.0388. The zero-order valence-electron chi connectivity index (χ0n) is 24.1. The number of sulfonamides is 1. The molecule has 41 heavy (non-hydrogen) atoms. The fraction of sp³-hybridized carbons (Fsp3) is 0.423. The zero-order chi connectivity index (χ0) is 30.5. The number of halogens is 2. The highest BCUT2D eigenvalue weighted by Crippen LogP contribution is 2.36. The number of para-hydroxylation sites is 1. The molecule has 3 heterocycles. The first-order chi connectivity index (χ1) is 19.5. The summed E-state index contributed by atoms with van der Waals surface area (Å²) in [6, 6.07) is 6.57. The molecule has 4 rings (SSSR count). The molecule has 0 spiro atoms. The lowest BCUT2D eigenvalue weighted by atomic mass is 10.1. The molecule has 0 saturated heterocycles. The molecule has 1 aromatic carbocycles. The second-order valence-electron chi connectivity index (χ2n) is 8.74. The van der Waals surface area contributed by atoms with E-state index in [-0.39, 0.29) is 23.3 Å². The summed E-state index contributed by atoms with van der Waals surface area (Å²) in [6.07, 6.45) is 3.25. The van der Waals surface area contributed by atoms with E-state index >= 15 is 0 Å². The first kappa shape index (κ1) is 31.5. The van der Waals surface area contributed by atoms with Crippen LogP contribution >= 0.6 is 0 Å². The largest absolute Gasteiger partial charge is 0.495 e. The summed E-state index contributed by atoms with van der Waals surface area (Å²) in [5.74, 6) is 0.507. The van der Waals surface area contributed by atoms with Gasteiger partial charge >= 0.3 is 6.55 Å². The fourth-order valence-electron chi connectivity index (χ4n) is 4.08. The number of aromatic nitrogens is 7. The van der Waals surface area contributed by atoms with E-state index in [1.54, 1.807) is 37.5 Å². The maximum Gasteiger partial charge on any atom is 0.333 e. The molecule has 222 valence electrons. The summed E-state index contributed by atoms with van der Waals surface area (Å²) in [7, 11) is -0.0301. The number of nitrogens with zero attached hydrogens (tertiary/aromatic N) is 8. The van der Waals surface area contributed by atoms with Gasteiger partial charge in [-0.25, -0.2) is 27.4 Å². The van der Waals surface area contributed by atoms with Gasteiger partial charge in [0.05, 0.1) is 12.8 Å². The highest BCUT2D eigenvalue weighted by atomic mass is 32.2. The third kappa shape index (κ3) is 6.20. The second kappa shape index (κ2) is 13.1. The lowest BCUT2D eigenvalue weighted by Crippen LogP contribution is -2.40. The van der Waals surface area contributed by atoms with Gasteiger partial charge in [-0.1, -0.05) is 26.0 Å². The van der Waals surface area contributed by atoms with E-state index in [1.165, 1.54) is 38.8 Å². The summed E-state index contributed by atoms with van der Waals surface area (Å²) < 4.78 is 68.2. The lowest BCUT2D eigenvalue weighted by Gasteiger charge is -2.27. The second-order valence-corrected chi connectivity index (χ2v) is 11.1. The first-order valence-electron chi connectivity index (χ1n) is 12.7. The van der Waals surface area contributed by atoms with Crippen LogP contribution in [0.4, 0.5) is 14.7 Å². The van der Waals surface area contributed by atoms with Crippen molar-refractivity contribution in [1.29, 1.82) is 0 Å². The molecular formula is C26H34F2N8O4S. The Labute approximate surface area is 238 Å². The van der Waals surface area contributed by atoms with Crippen molar-refractivity contribution in [2.24, 2.45) is 0 Å². The number of anilines is 1. The van der Waals surface area contributed by atoms with Crippen LogP contribution in [0.25, 0.3) is 17.2 Å². The van der Waals surface area contributed by atoms with Gasteiger partial charge in [-0.15, -0.1) is 10.2 Å². The molecule has 0 aliphatic carbocycles. The summed E-state index contributed by atoms with van der Waals surface area (Å²) in [6.45, 7) is 6.20. The Morgan fingerprint density at radius 3 is 2.24 bits per heavy atom. The number of alkyl halides is 2. The van der Waals surface area contributed by atoms with Crippen molar-refractivity contribution < 1.29 is 26.7 Å². The third-order valence-corrected chi connectivity index (χ3v) is 8.31. The predicted octanol–water partition coefficient (Wildman–Crippen LogP) is 4.51. The van der Waals surface area contributed by atoms with E-state index in [2.05, 4.69) is 25.3 Å². The standard InChI is InChI=1S/C24H28F2N8O4S.C2H6/c1-14-12-27-21(28-13-14)20(38-6)16(3)39(35,36)32(4)24-30-29-22(17-10-11-33(31-17)23(25)26)34(24)19-15(2)8-7-9-18(19)37-5;1-2/h7-13,16,20,23H,1-6H3;1-2H3/t16-,20-;/m0./s1. The zero-order valence-corrected chi connectivity index (χ0v) is 25.0. The molecule has 0 fully saturated rings. The fourth-order valence-corrected chi connectivity index (χ4v) is 5.47. The average Bonchev–Trinajstić information content (AvgIpc) is 3.62. The van der Waals surface area contributed by atoms with Crippen LogP contribution in [0.3, 0.4) is 0 Å². The van der Waals surface area contributed by atoms with Crippen LogP contribution in [0.1, 0.15) is 50.4 Å². The molecule has 0 unspecified atom stereocenters. The Morgan fingerprint density at radius 1 is 1.02 bits per heavy atom. The summed E-state index contributed by atoms with van der Waals surface area (Å²) in [4.78, 5) is 8.47. The minimum atomic E-state index is -4.18. The normalized spacial score (nSPS) is 13.0. The molecule has 0 saturated carbocycles. The minimum Gasteiger partial charge on any atom is -0.495 e. The van der Waals surface area contributed by atoms with Crippen LogP contribution in [0.2, 0.25) is 0 Å². The highest BCUT2D eigenvalue weighted by Gasteiger charge is 2.38. The van der Waals surface area contributed by atoms with Gasteiger partial charge in [-0.3, -0.25) is 4.57 Å². The van der Waals surface area contributed by atoms with Crippen molar-refractivity contribution >= 4 is 16.0 Å². The molecule has 3 aromatic heterocycles. The van der Waals surface area contributed by atoms with Gasteiger partial charge in [0.1, 0.15) is 22.8 Å². The van der Waals surface area contributed by atoms with Gasteiger partial charge in [-0.2, -0.15) is 13.9 Å².